The van der Waals surface area contributed by atoms with Crippen LogP contribution in [0.3, 0.4) is 0 Å². The lowest BCUT2D eigenvalue weighted by Gasteiger charge is -2.39. The molecular formula is C23H29ClN10. The second kappa shape index (κ2) is 10.4. The highest BCUT2D eigenvalue weighted by molar-refractivity contribution is 6.30. The predicted octanol–water partition coefficient (Wildman–Crippen LogP) is 2.03. The van der Waals surface area contributed by atoms with E-state index in [1.54, 1.807) is 0 Å². The van der Waals surface area contributed by atoms with Gasteiger partial charge in [0, 0.05) is 42.8 Å². The van der Waals surface area contributed by atoms with E-state index in [0.29, 0.717) is 11.9 Å². The summed E-state index contributed by atoms with van der Waals surface area (Å²) in [5, 5.41) is 16.5. The van der Waals surface area contributed by atoms with Crippen molar-refractivity contribution in [2.45, 2.75) is 31.8 Å². The van der Waals surface area contributed by atoms with Crippen LogP contribution in [-0.4, -0.2) is 61.2 Å². The van der Waals surface area contributed by atoms with E-state index in [1.165, 1.54) is 16.2 Å². The van der Waals surface area contributed by atoms with Crippen molar-refractivity contribution in [3.63, 3.8) is 0 Å². The van der Waals surface area contributed by atoms with Crippen LogP contribution in [0.2, 0.25) is 5.02 Å². The van der Waals surface area contributed by atoms with Crippen molar-refractivity contribution < 1.29 is 0 Å². The summed E-state index contributed by atoms with van der Waals surface area (Å²) in [6, 6.07) is 17.1. The Balaban J connectivity index is 1.29. The first-order valence-corrected chi connectivity index (χ1v) is 11.9. The Morgan fingerprint density at radius 1 is 1.09 bits per heavy atom. The number of halogens is 1. The molecule has 1 saturated heterocycles. The fraction of sp³-hybridized carbons (Fsp3) is 0.348. The number of hydrogen-bond donors (Lipinski definition) is 4. The standard InChI is InChI=1S/C23H29ClN10/c24-20-6-4-17(5-7-20)8-11-33(15-18-2-1-3-19(14-18)23-27-29-30-28-23)21-9-12-32(13-10-21)22-16-34(25)31-26-22/h1-7,14,16,21,26,31H,8-13,15,25H2,(H,27,28,29,30). The molecule has 1 fully saturated rings. The van der Waals surface area contributed by atoms with E-state index in [2.05, 4.69) is 71.7 Å². The van der Waals surface area contributed by atoms with Gasteiger partial charge >= 0.3 is 0 Å². The van der Waals surface area contributed by atoms with Gasteiger partial charge in [-0.05, 0) is 59.0 Å². The van der Waals surface area contributed by atoms with Gasteiger partial charge in [0.25, 0.3) is 0 Å². The van der Waals surface area contributed by atoms with Gasteiger partial charge in [0.1, 0.15) is 5.82 Å². The first kappa shape index (κ1) is 22.6. The first-order valence-electron chi connectivity index (χ1n) is 11.5. The van der Waals surface area contributed by atoms with E-state index < -0.39 is 0 Å². The molecule has 5 N–H and O–H groups in total. The lowest BCUT2D eigenvalue weighted by molar-refractivity contribution is 0.114. The van der Waals surface area contributed by atoms with Crippen molar-refractivity contribution in [3.8, 4) is 11.4 Å². The van der Waals surface area contributed by atoms with Crippen LogP contribution in [0, 0.1) is 0 Å². The number of piperidine rings is 1. The Morgan fingerprint density at radius 3 is 2.62 bits per heavy atom. The molecule has 34 heavy (non-hydrogen) atoms. The van der Waals surface area contributed by atoms with E-state index in [0.717, 1.165) is 61.8 Å². The van der Waals surface area contributed by atoms with Crippen LogP contribution < -0.4 is 16.8 Å². The van der Waals surface area contributed by atoms with E-state index >= 15 is 0 Å². The van der Waals surface area contributed by atoms with Crippen LogP contribution in [0.25, 0.3) is 11.4 Å². The quantitative estimate of drug-likeness (QED) is 0.359. The summed E-state index contributed by atoms with van der Waals surface area (Å²) in [5.74, 6) is 7.47. The van der Waals surface area contributed by atoms with Gasteiger partial charge in [-0.3, -0.25) is 10.3 Å². The third kappa shape index (κ3) is 5.48. The van der Waals surface area contributed by atoms with Crippen LogP contribution in [0.4, 0.5) is 0 Å². The van der Waals surface area contributed by atoms with E-state index in [9.17, 15) is 0 Å². The lowest BCUT2D eigenvalue weighted by Crippen LogP contribution is -2.47. The van der Waals surface area contributed by atoms with Crippen molar-refractivity contribution >= 4 is 11.6 Å². The van der Waals surface area contributed by atoms with Gasteiger partial charge in [0.05, 0.1) is 6.20 Å². The molecule has 178 valence electrons. The van der Waals surface area contributed by atoms with Gasteiger partial charge in [0.2, 0.25) is 0 Å². The molecule has 0 bridgehead atoms. The van der Waals surface area contributed by atoms with Crippen molar-refractivity contribution in [2.75, 3.05) is 19.6 Å². The third-order valence-electron chi connectivity index (χ3n) is 6.43. The fourth-order valence-corrected chi connectivity index (χ4v) is 4.72. The lowest BCUT2D eigenvalue weighted by atomic mass is 10.0. The van der Waals surface area contributed by atoms with E-state index in [4.69, 9.17) is 17.4 Å². The number of rotatable bonds is 8. The largest absolute Gasteiger partial charge is 0.356 e. The second-order valence-corrected chi connectivity index (χ2v) is 9.11. The molecule has 2 aromatic carbocycles. The first-order chi connectivity index (χ1) is 16.6. The Bertz CT molecular complexity index is 1090. The van der Waals surface area contributed by atoms with Gasteiger partial charge < -0.3 is 4.90 Å². The maximum absolute atomic E-state index is 6.08. The Labute approximate surface area is 203 Å². The van der Waals surface area contributed by atoms with Crippen LogP contribution in [0.5, 0.6) is 0 Å². The zero-order valence-electron chi connectivity index (χ0n) is 18.9. The highest BCUT2D eigenvalue weighted by Gasteiger charge is 2.27. The molecule has 0 saturated carbocycles. The number of nitrogens with zero attached hydrogens (tertiary/aromatic N) is 6. The number of aromatic amines is 1. The molecule has 0 spiro atoms. The number of tetrazole rings is 1. The van der Waals surface area contributed by atoms with Gasteiger partial charge in [-0.25, -0.2) is 16.1 Å². The minimum Gasteiger partial charge on any atom is -0.356 e. The highest BCUT2D eigenvalue weighted by atomic mass is 35.5. The summed E-state index contributed by atoms with van der Waals surface area (Å²) >= 11 is 6.08. The van der Waals surface area contributed by atoms with Crippen LogP contribution in [0.1, 0.15) is 24.0 Å². The number of hydrazine groups is 3. The third-order valence-corrected chi connectivity index (χ3v) is 6.68. The highest BCUT2D eigenvalue weighted by Crippen LogP contribution is 2.24. The van der Waals surface area contributed by atoms with Crippen molar-refractivity contribution in [2.24, 2.45) is 5.84 Å². The number of H-pyrrole nitrogens is 1. The number of aromatic nitrogens is 4. The minimum absolute atomic E-state index is 0.489. The van der Waals surface area contributed by atoms with Gasteiger partial charge in [-0.2, -0.15) is 0 Å². The molecule has 0 atom stereocenters. The summed E-state index contributed by atoms with van der Waals surface area (Å²) in [6.45, 7) is 3.78. The van der Waals surface area contributed by atoms with E-state index in [-0.39, 0.29) is 0 Å². The van der Waals surface area contributed by atoms with Gasteiger partial charge in [0.15, 0.2) is 5.82 Å². The monoisotopic (exact) mass is 480 g/mol. The normalized spacial score (nSPS) is 16.7. The number of hydrogen-bond acceptors (Lipinski definition) is 9. The maximum Gasteiger partial charge on any atom is 0.179 e. The molecule has 1 aromatic heterocycles. The molecule has 0 unspecified atom stereocenters. The molecule has 0 radical (unpaired) electrons. The minimum atomic E-state index is 0.489. The average Bonchev–Trinajstić information content (AvgIpc) is 3.55. The number of likely N-dealkylation sites (tertiary alicyclic amines) is 1. The van der Waals surface area contributed by atoms with Crippen molar-refractivity contribution in [1.82, 2.24) is 46.5 Å². The topological polar surface area (TPSA) is 114 Å². The zero-order chi connectivity index (χ0) is 23.3. The summed E-state index contributed by atoms with van der Waals surface area (Å²) in [6.07, 6.45) is 5.01. The SMILES string of the molecule is NN1C=C(N2CCC(N(CCc3ccc(Cl)cc3)Cc3cccc(-c4nnn[nH]4)c3)CC2)NN1. The number of nitrogens with two attached hydrogens (primary N) is 1. The molecule has 11 heteroatoms. The molecule has 3 aromatic rings. The molecule has 5 rings (SSSR count). The molecule has 10 nitrogen and oxygen atoms in total. The second-order valence-electron chi connectivity index (χ2n) is 8.67. The molecule has 2 aliphatic rings. The van der Waals surface area contributed by atoms with Crippen LogP contribution in [-0.2, 0) is 13.0 Å². The van der Waals surface area contributed by atoms with E-state index in [1.807, 2.05) is 24.4 Å². The summed E-state index contributed by atoms with van der Waals surface area (Å²) in [4.78, 5) is 4.94. The van der Waals surface area contributed by atoms with Crippen molar-refractivity contribution in [1.29, 1.82) is 0 Å². The smallest absolute Gasteiger partial charge is 0.179 e. The Morgan fingerprint density at radius 2 is 1.91 bits per heavy atom. The molecule has 2 aliphatic heterocycles. The molecule has 0 amide bonds. The van der Waals surface area contributed by atoms with Crippen molar-refractivity contribution in [3.05, 3.63) is 76.7 Å². The molecule has 0 aliphatic carbocycles. The Kier molecular flexibility index (Phi) is 6.91. The molecular weight excluding hydrogens is 452 g/mol. The average molecular weight is 481 g/mol. The summed E-state index contributed by atoms with van der Waals surface area (Å²) in [5.41, 5.74) is 9.54. The summed E-state index contributed by atoms with van der Waals surface area (Å²) in [7, 11) is 0. The van der Waals surface area contributed by atoms with Gasteiger partial charge in [-0.1, -0.05) is 41.9 Å². The zero-order valence-corrected chi connectivity index (χ0v) is 19.6. The number of benzene rings is 2. The fourth-order valence-electron chi connectivity index (χ4n) is 4.60. The van der Waals surface area contributed by atoms with Crippen LogP contribution in [0.15, 0.2) is 60.6 Å². The summed E-state index contributed by atoms with van der Waals surface area (Å²) < 4.78 is 0. The van der Waals surface area contributed by atoms with Gasteiger partial charge in [-0.15, -0.1) is 10.6 Å². The number of nitrogens with one attached hydrogen (secondary N) is 3. The Hall–Kier alpha value is -3.18. The molecule has 3 heterocycles. The maximum atomic E-state index is 6.08. The van der Waals surface area contributed by atoms with Crippen LogP contribution >= 0.6 is 11.6 Å². The predicted molar refractivity (Wildman–Crippen MR) is 130 cm³/mol.